The number of likely N-dealkylation sites (tertiary alicyclic amines) is 1. The SMILES string of the molecule is CN1C[C@H](Oc2cc(C(F)(F)F)ccn2)C[C@H]1CNc1cc(C(F)(F)F)ccn1. The molecule has 29 heavy (non-hydrogen) atoms. The Hall–Kier alpha value is -2.56. The van der Waals surface area contributed by atoms with Crippen molar-refractivity contribution in [3.8, 4) is 5.88 Å². The van der Waals surface area contributed by atoms with Gasteiger partial charge in [-0.3, -0.25) is 4.90 Å². The molecule has 1 fully saturated rings. The Morgan fingerprint density at radius 1 is 1.03 bits per heavy atom. The van der Waals surface area contributed by atoms with Crippen LogP contribution in [0.5, 0.6) is 5.88 Å². The lowest BCUT2D eigenvalue weighted by molar-refractivity contribution is -0.138. The fourth-order valence-corrected chi connectivity index (χ4v) is 3.10. The Morgan fingerprint density at radius 3 is 2.31 bits per heavy atom. The molecule has 5 nitrogen and oxygen atoms in total. The van der Waals surface area contributed by atoms with Gasteiger partial charge in [0.1, 0.15) is 11.9 Å². The molecule has 0 aliphatic carbocycles. The maximum absolute atomic E-state index is 12.8. The molecule has 0 radical (unpaired) electrons. The number of likely N-dealkylation sites (N-methyl/N-ethyl adjacent to an activating group) is 1. The molecule has 0 bridgehead atoms. The maximum Gasteiger partial charge on any atom is 0.416 e. The number of alkyl halides is 6. The van der Waals surface area contributed by atoms with Crippen LogP contribution in [0.15, 0.2) is 36.7 Å². The van der Waals surface area contributed by atoms with E-state index in [0.29, 0.717) is 19.5 Å². The van der Waals surface area contributed by atoms with Gasteiger partial charge in [0.15, 0.2) is 0 Å². The van der Waals surface area contributed by atoms with E-state index in [-0.39, 0.29) is 17.7 Å². The predicted octanol–water partition coefficient (Wildman–Crippen LogP) is 4.08. The molecule has 1 saturated heterocycles. The molecule has 0 saturated carbocycles. The van der Waals surface area contributed by atoms with E-state index in [2.05, 4.69) is 15.3 Å². The fraction of sp³-hybridized carbons (Fsp3) is 0.444. The molecule has 2 atom stereocenters. The molecule has 0 spiro atoms. The third-order valence-corrected chi connectivity index (χ3v) is 4.61. The second kappa shape index (κ2) is 8.05. The minimum Gasteiger partial charge on any atom is -0.473 e. The normalized spacial score (nSPS) is 20.7. The maximum atomic E-state index is 12.8. The number of rotatable bonds is 5. The summed E-state index contributed by atoms with van der Waals surface area (Å²) in [6, 6.07) is 3.43. The summed E-state index contributed by atoms with van der Waals surface area (Å²) in [7, 11) is 1.80. The number of pyridine rings is 2. The van der Waals surface area contributed by atoms with E-state index in [1.54, 1.807) is 7.05 Å². The van der Waals surface area contributed by atoms with Gasteiger partial charge in [-0.1, -0.05) is 0 Å². The Balaban J connectivity index is 1.58. The topological polar surface area (TPSA) is 50.3 Å². The third-order valence-electron chi connectivity index (χ3n) is 4.61. The van der Waals surface area contributed by atoms with Crippen molar-refractivity contribution in [2.75, 3.05) is 25.5 Å². The second-order valence-electron chi connectivity index (χ2n) is 6.76. The van der Waals surface area contributed by atoms with Crippen LogP contribution in [-0.2, 0) is 12.4 Å². The van der Waals surface area contributed by atoms with E-state index >= 15 is 0 Å². The Bertz CT molecular complexity index is 842. The van der Waals surface area contributed by atoms with Crippen LogP contribution in [0.4, 0.5) is 32.2 Å². The summed E-state index contributed by atoms with van der Waals surface area (Å²) in [6.07, 6.45) is -6.75. The number of nitrogens with zero attached hydrogens (tertiary/aromatic N) is 3. The summed E-state index contributed by atoms with van der Waals surface area (Å²) in [5.41, 5.74) is -1.64. The Labute approximate surface area is 162 Å². The van der Waals surface area contributed by atoms with E-state index in [9.17, 15) is 26.3 Å². The van der Waals surface area contributed by atoms with Gasteiger partial charge < -0.3 is 10.1 Å². The van der Waals surface area contributed by atoms with Gasteiger partial charge in [-0.25, -0.2) is 9.97 Å². The number of aromatic nitrogens is 2. The summed E-state index contributed by atoms with van der Waals surface area (Å²) in [4.78, 5) is 9.62. The van der Waals surface area contributed by atoms with Gasteiger partial charge in [-0.15, -0.1) is 0 Å². The molecule has 3 heterocycles. The molecule has 3 rings (SSSR count). The van der Waals surface area contributed by atoms with Crippen molar-refractivity contribution in [1.29, 1.82) is 0 Å². The van der Waals surface area contributed by atoms with Crippen LogP contribution in [0.1, 0.15) is 17.5 Å². The van der Waals surface area contributed by atoms with Crippen LogP contribution in [0.3, 0.4) is 0 Å². The van der Waals surface area contributed by atoms with Gasteiger partial charge in [-0.05, 0) is 25.2 Å². The second-order valence-corrected chi connectivity index (χ2v) is 6.76. The summed E-state index contributed by atoms with van der Waals surface area (Å²) in [5.74, 6) is -0.0245. The highest BCUT2D eigenvalue weighted by atomic mass is 19.4. The van der Waals surface area contributed by atoms with Crippen LogP contribution in [0.2, 0.25) is 0 Å². The van der Waals surface area contributed by atoms with Crippen LogP contribution < -0.4 is 10.1 Å². The largest absolute Gasteiger partial charge is 0.473 e. The molecule has 2 aromatic rings. The van der Waals surface area contributed by atoms with Crippen molar-refractivity contribution in [3.63, 3.8) is 0 Å². The predicted molar refractivity (Wildman–Crippen MR) is 92.4 cm³/mol. The van der Waals surface area contributed by atoms with Crippen LogP contribution >= 0.6 is 0 Å². The fourth-order valence-electron chi connectivity index (χ4n) is 3.10. The zero-order valence-electron chi connectivity index (χ0n) is 15.3. The lowest BCUT2D eigenvalue weighted by Crippen LogP contribution is -2.31. The minimum atomic E-state index is -4.49. The average molecular weight is 420 g/mol. The number of nitrogens with one attached hydrogen (secondary N) is 1. The molecule has 1 aliphatic rings. The lowest BCUT2D eigenvalue weighted by Gasteiger charge is -2.19. The minimum absolute atomic E-state index is 0.0946. The van der Waals surface area contributed by atoms with Crippen molar-refractivity contribution in [2.45, 2.75) is 30.9 Å². The van der Waals surface area contributed by atoms with Crippen LogP contribution in [0, 0.1) is 0 Å². The molecular weight excluding hydrogens is 402 g/mol. The molecule has 0 aromatic carbocycles. The summed E-state index contributed by atoms with van der Waals surface area (Å²) in [5, 5.41) is 2.87. The standard InChI is InChI=1S/C18H18F6N4O/c1-28-10-14(29-16-7-12(3-5-26-16)18(22,23)24)8-13(28)9-27-15-6-11(2-4-25-15)17(19,20)21/h2-7,13-14H,8-10H2,1H3,(H,25,27)/t13-,14+/m0/s1. The smallest absolute Gasteiger partial charge is 0.416 e. The molecule has 11 heteroatoms. The van der Waals surface area contributed by atoms with E-state index < -0.39 is 29.6 Å². The van der Waals surface area contributed by atoms with Crippen LogP contribution in [0.25, 0.3) is 0 Å². The molecule has 0 unspecified atom stereocenters. The molecule has 0 amide bonds. The van der Waals surface area contributed by atoms with Crippen molar-refractivity contribution in [2.24, 2.45) is 0 Å². The van der Waals surface area contributed by atoms with Crippen molar-refractivity contribution in [3.05, 3.63) is 47.8 Å². The van der Waals surface area contributed by atoms with Gasteiger partial charge >= 0.3 is 12.4 Å². The zero-order chi connectivity index (χ0) is 21.2. The first kappa shape index (κ1) is 21.2. The molecule has 1 N–H and O–H groups in total. The number of hydrogen-bond donors (Lipinski definition) is 1. The summed E-state index contributed by atoms with van der Waals surface area (Å²) < 4.78 is 82.3. The lowest BCUT2D eigenvalue weighted by atomic mass is 10.2. The number of ether oxygens (including phenoxy) is 1. The van der Waals surface area contributed by atoms with Gasteiger partial charge in [0, 0.05) is 44.0 Å². The first-order chi connectivity index (χ1) is 13.5. The quantitative estimate of drug-likeness (QED) is 0.739. The molecule has 158 valence electrons. The third kappa shape index (κ3) is 5.49. The van der Waals surface area contributed by atoms with Crippen molar-refractivity contribution >= 4 is 5.82 Å². The Morgan fingerprint density at radius 2 is 1.66 bits per heavy atom. The van der Waals surface area contributed by atoms with Gasteiger partial charge in [0.05, 0.1) is 11.1 Å². The van der Waals surface area contributed by atoms with Crippen molar-refractivity contribution < 1.29 is 31.1 Å². The van der Waals surface area contributed by atoms with Crippen molar-refractivity contribution in [1.82, 2.24) is 14.9 Å². The first-order valence-electron chi connectivity index (χ1n) is 8.69. The number of halogens is 6. The number of anilines is 1. The van der Waals surface area contributed by atoms with E-state index in [0.717, 1.165) is 36.7 Å². The molecular formula is C18H18F6N4O. The summed E-state index contributed by atoms with van der Waals surface area (Å²) in [6.45, 7) is 0.751. The summed E-state index contributed by atoms with van der Waals surface area (Å²) >= 11 is 0. The average Bonchev–Trinajstić information content (AvgIpc) is 2.98. The van der Waals surface area contributed by atoms with E-state index in [1.165, 1.54) is 0 Å². The highest BCUT2D eigenvalue weighted by Crippen LogP contribution is 2.32. The van der Waals surface area contributed by atoms with Gasteiger partial charge in [0.2, 0.25) is 5.88 Å². The van der Waals surface area contributed by atoms with E-state index in [4.69, 9.17) is 4.74 Å². The highest BCUT2D eigenvalue weighted by molar-refractivity contribution is 5.38. The Kier molecular flexibility index (Phi) is 5.87. The highest BCUT2D eigenvalue weighted by Gasteiger charge is 2.34. The van der Waals surface area contributed by atoms with E-state index in [1.807, 2.05) is 4.90 Å². The molecule has 2 aromatic heterocycles. The van der Waals surface area contributed by atoms with Gasteiger partial charge in [-0.2, -0.15) is 26.3 Å². The molecule has 1 aliphatic heterocycles. The first-order valence-corrected chi connectivity index (χ1v) is 8.69. The van der Waals surface area contributed by atoms with Crippen LogP contribution in [-0.4, -0.2) is 47.2 Å². The number of hydrogen-bond acceptors (Lipinski definition) is 5. The monoisotopic (exact) mass is 420 g/mol. The van der Waals surface area contributed by atoms with Gasteiger partial charge in [0.25, 0.3) is 0 Å². The zero-order valence-corrected chi connectivity index (χ0v) is 15.3.